The Hall–Kier alpha value is -2.08. The first-order chi connectivity index (χ1) is 10.1. The number of ether oxygens (including phenoxy) is 1. The summed E-state index contributed by atoms with van der Waals surface area (Å²) < 4.78 is 4.92. The maximum absolute atomic E-state index is 9.66. The Morgan fingerprint density at radius 2 is 1.71 bits per heavy atom. The van der Waals surface area contributed by atoms with Gasteiger partial charge in [0.05, 0.1) is 24.5 Å². The summed E-state index contributed by atoms with van der Waals surface area (Å²) in [5.74, 6) is -2.10. The van der Waals surface area contributed by atoms with Crippen LogP contribution in [0.3, 0.4) is 0 Å². The number of hydrogen-bond acceptors (Lipinski definition) is 5. The van der Waals surface area contributed by atoms with E-state index in [1.165, 1.54) is 0 Å². The zero-order valence-corrected chi connectivity index (χ0v) is 11.6. The van der Waals surface area contributed by atoms with Crippen molar-refractivity contribution in [1.82, 2.24) is 0 Å². The van der Waals surface area contributed by atoms with Gasteiger partial charge < -0.3 is 25.2 Å². The SMILES string of the molecule is OC1(O)CN(c2ccccc2Nc2ccccc2)CCO1. The van der Waals surface area contributed by atoms with Crippen molar-refractivity contribution in [3.05, 3.63) is 54.6 Å². The molecule has 110 valence electrons. The number of morpholine rings is 1. The van der Waals surface area contributed by atoms with Gasteiger partial charge in [-0.2, -0.15) is 0 Å². The molecule has 2 aromatic carbocycles. The summed E-state index contributed by atoms with van der Waals surface area (Å²) in [6, 6.07) is 17.7. The van der Waals surface area contributed by atoms with E-state index in [1.807, 2.05) is 59.5 Å². The van der Waals surface area contributed by atoms with E-state index in [0.29, 0.717) is 6.54 Å². The predicted molar refractivity (Wildman–Crippen MR) is 81.5 cm³/mol. The lowest BCUT2D eigenvalue weighted by Gasteiger charge is -2.37. The van der Waals surface area contributed by atoms with Crippen LogP contribution in [-0.2, 0) is 4.74 Å². The van der Waals surface area contributed by atoms with Crippen LogP contribution in [0.25, 0.3) is 0 Å². The predicted octanol–water partition coefficient (Wildman–Crippen LogP) is 1.91. The summed E-state index contributed by atoms with van der Waals surface area (Å²) in [5, 5.41) is 22.7. The number of rotatable bonds is 3. The molecule has 0 amide bonds. The highest BCUT2D eigenvalue weighted by molar-refractivity contribution is 5.75. The van der Waals surface area contributed by atoms with E-state index in [0.717, 1.165) is 17.1 Å². The maximum atomic E-state index is 9.66. The molecule has 1 aliphatic heterocycles. The molecule has 0 aromatic heterocycles. The Balaban J connectivity index is 1.86. The fourth-order valence-corrected chi connectivity index (χ4v) is 2.43. The first-order valence-corrected chi connectivity index (χ1v) is 6.89. The van der Waals surface area contributed by atoms with Crippen LogP contribution < -0.4 is 10.2 Å². The van der Waals surface area contributed by atoms with Gasteiger partial charge in [-0.15, -0.1) is 0 Å². The molecular weight excluding hydrogens is 268 g/mol. The van der Waals surface area contributed by atoms with E-state index >= 15 is 0 Å². The van der Waals surface area contributed by atoms with Gasteiger partial charge in [0.25, 0.3) is 5.97 Å². The third kappa shape index (κ3) is 3.33. The molecular formula is C16H18N2O3. The molecule has 0 radical (unpaired) electrons. The zero-order chi connectivity index (χ0) is 14.7. The Labute approximate surface area is 123 Å². The molecule has 0 aliphatic carbocycles. The first-order valence-electron chi connectivity index (χ1n) is 6.89. The van der Waals surface area contributed by atoms with Crippen LogP contribution in [0.5, 0.6) is 0 Å². The standard InChI is InChI=1S/C16H18N2O3/c19-16(20)12-18(10-11-21-16)15-9-5-4-8-14(15)17-13-6-2-1-3-7-13/h1-9,17,19-20H,10-12H2. The van der Waals surface area contributed by atoms with Gasteiger partial charge in [-0.05, 0) is 24.3 Å². The van der Waals surface area contributed by atoms with Crippen LogP contribution in [0.1, 0.15) is 0 Å². The van der Waals surface area contributed by atoms with E-state index in [-0.39, 0.29) is 13.2 Å². The van der Waals surface area contributed by atoms with Crippen LogP contribution in [0.15, 0.2) is 54.6 Å². The molecule has 1 heterocycles. The summed E-state index contributed by atoms with van der Waals surface area (Å²) in [6.07, 6.45) is 0. The Morgan fingerprint density at radius 1 is 1.00 bits per heavy atom. The molecule has 5 heteroatoms. The minimum Gasteiger partial charge on any atom is -0.359 e. The smallest absolute Gasteiger partial charge is 0.296 e. The highest BCUT2D eigenvalue weighted by Crippen LogP contribution is 2.30. The summed E-state index contributed by atoms with van der Waals surface area (Å²) in [6.45, 7) is 0.892. The number of anilines is 3. The molecule has 1 fully saturated rings. The second kappa shape index (κ2) is 5.73. The van der Waals surface area contributed by atoms with E-state index in [9.17, 15) is 10.2 Å². The van der Waals surface area contributed by atoms with Crippen molar-refractivity contribution in [3.63, 3.8) is 0 Å². The third-order valence-electron chi connectivity index (χ3n) is 3.39. The summed E-state index contributed by atoms with van der Waals surface area (Å²) >= 11 is 0. The quantitative estimate of drug-likeness (QED) is 0.752. The fourth-order valence-electron chi connectivity index (χ4n) is 2.43. The van der Waals surface area contributed by atoms with Crippen molar-refractivity contribution in [3.8, 4) is 0 Å². The van der Waals surface area contributed by atoms with Crippen molar-refractivity contribution < 1.29 is 14.9 Å². The third-order valence-corrected chi connectivity index (χ3v) is 3.39. The largest absolute Gasteiger partial charge is 0.359 e. The van der Waals surface area contributed by atoms with Gasteiger partial charge in [0.15, 0.2) is 0 Å². The average Bonchev–Trinajstić information content (AvgIpc) is 2.48. The number of aliphatic hydroxyl groups is 2. The number of nitrogens with one attached hydrogen (secondary N) is 1. The van der Waals surface area contributed by atoms with Crippen molar-refractivity contribution in [2.75, 3.05) is 29.9 Å². The minimum atomic E-state index is -2.10. The van der Waals surface area contributed by atoms with Gasteiger partial charge in [0.1, 0.15) is 0 Å². The number of benzene rings is 2. The van der Waals surface area contributed by atoms with Crippen molar-refractivity contribution in [2.45, 2.75) is 5.97 Å². The summed E-state index contributed by atoms with van der Waals surface area (Å²) in [7, 11) is 0. The molecule has 1 aliphatic rings. The number of para-hydroxylation sites is 3. The molecule has 0 atom stereocenters. The normalized spacial score (nSPS) is 17.5. The zero-order valence-electron chi connectivity index (χ0n) is 11.6. The van der Waals surface area contributed by atoms with Crippen LogP contribution in [0.2, 0.25) is 0 Å². The Morgan fingerprint density at radius 3 is 2.48 bits per heavy atom. The molecule has 1 saturated heterocycles. The second-order valence-corrected chi connectivity index (χ2v) is 5.02. The number of nitrogens with zero attached hydrogens (tertiary/aromatic N) is 1. The van der Waals surface area contributed by atoms with Crippen molar-refractivity contribution in [1.29, 1.82) is 0 Å². The van der Waals surface area contributed by atoms with Gasteiger partial charge in [0, 0.05) is 12.2 Å². The Kier molecular flexibility index (Phi) is 3.79. The first kappa shape index (κ1) is 13.9. The molecule has 21 heavy (non-hydrogen) atoms. The van der Waals surface area contributed by atoms with Crippen LogP contribution in [-0.4, -0.2) is 35.9 Å². The summed E-state index contributed by atoms with van der Waals surface area (Å²) in [5.41, 5.74) is 2.82. The van der Waals surface area contributed by atoms with Crippen molar-refractivity contribution >= 4 is 17.1 Å². The summed E-state index contributed by atoms with van der Waals surface area (Å²) in [4.78, 5) is 1.90. The second-order valence-electron chi connectivity index (χ2n) is 5.02. The lowest BCUT2D eigenvalue weighted by Crippen LogP contribution is -2.52. The molecule has 3 rings (SSSR count). The van der Waals surface area contributed by atoms with Gasteiger partial charge in [0.2, 0.25) is 0 Å². The lowest BCUT2D eigenvalue weighted by atomic mass is 10.2. The molecule has 0 bridgehead atoms. The minimum absolute atomic E-state index is 0.0144. The molecule has 0 saturated carbocycles. The van der Waals surface area contributed by atoms with Crippen LogP contribution in [0, 0.1) is 0 Å². The highest BCUT2D eigenvalue weighted by atomic mass is 16.8. The molecule has 5 nitrogen and oxygen atoms in total. The van der Waals surface area contributed by atoms with E-state index in [1.54, 1.807) is 0 Å². The van der Waals surface area contributed by atoms with Gasteiger partial charge in [-0.3, -0.25) is 0 Å². The molecule has 0 spiro atoms. The maximum Gasteiger partial charge on any atom is 0.296 e. The lowest BCUT2D eigenvalue weighted by molar-refractivity contribution is -0.337. The highest BCUT2D eigenvalue weighted by Gasteiger charge is 2.32. The fraction of sp³-hybridized carbons (Fsp3) is 0.250. The van der Waals surface area contributed by atoms with Crippen LogP contribution in [0.4, 0.5) is 17.1 Å². The van der Waals surface area contributed by atoms with Gasteiger partial charge >= 0.3 is 0 Å². The van der Waals surface area contributed by atoms with E-state index in [2.05, 4.69) is 5.32 Å². The number of β-amino-alcohol motifs (C(OH)–C–C–N with tert-alkyl or cyclic N) is 2. The van der Waals surface area contributed by atoms with Crippen LogP contribution >= 0.6 is 0 Å². The average molecular weight is 286 g/mol. The van der Waals surface area contributed by atoms with Crippen molar-refractivity contribution in [2.24, 2.45) is 0 Å². The number of hydrogen-bond donors (Lipinski definition) is 3. The Bertz CT molecular complexity index is 601. The topological polar surface area (TPSA) is 65.0 Å². The molecule has 0 unspecified atom stereocenters. The van der Waals surface area contributed by atoms with Gasteiger partial charge in [-0.1, -0.05) is 30.3 Å². The monoisotopic (exact) mass is 286 g/mol. The van der Waals surface area contributed by atoms with Gasteiger partial charge in [-0.25, -0.2) is 0 Å². The van der Waals surface area contributed by atoms with E-state index < -0.39 is 5.97 Å². The molecule has 2 aromatic rings. The van der Waals surface area contributed by atoms with E-state index in [4.69, 9.17) is 4.74 Å². The molecule has 3 N–H and O–H groups in total.